The van der Waals surface area contributed by atoms with Crippen LogP contribution in [0.25, 0.3) is 33.4 Å². The molecule has 0 fully saturated rings. The molecule has 2 heterocycles. The number of hydrogen-bond acceptors (Lipinski definition) is 2. The molecule has 0 aliphatic carbocycles. The molecule has 8 rings (SSSR count). The van der Waals surface area contributed by atoms with Crippen LogP contribution in [0.4, 0.5) is 0 Å². The van der Waals surface area contributed by atoms with Crippen molar-refractivity contribution < 1.29 is 4.74 Å². The number of rotatable bonds is 3. The Morgan fingerprint density at radius 3 is 1.20 bits per heavy atom. The Kier molecular flexibility index (Phi) is 6.15. The monoisotopic (exact) mass is 586 g/mol. The van der Waals surface area contributed by atoms with Crippen LogP contribution in [0.15, 0.2) is 143 Å². The quantitative estimate of drug-likeness (QED) is 0.204. The Hall–Kier alpha value is -4.53. The van der Waals surface area contributed by atoms with E-state index in [1.54, 1.807) is 0 Å². The molecule has 0 saturated heterocycles. The molecule has 2 aliphatic rings. The molecule has 0 radical (unpaired) electrons. The number of ether oxygens (including phenoxy) is 1. The molecule has 0 N–H and O–H groups in total. The van der Waals surface area contributed by atoms with Crippen LogP contribution in [0.2, 0.25) is 0 Å². The molecule has 2 heteroatoms. The lowest BCUT2D eigenvalue weighted by atomic mass is 9.74. The van der Waals surface area contributed by atoms with E-state index in [4.69, 9.17) is 4.74 Å². The highest BCUT2D eigenvalue weighted by molar-refractivity contribution is 7.99. The average molecular weight is 587 g/mol. The molecule has 214 valence electrons. The molecule has 0 atom stereocenters. The summed E-state index contributed by atoms with van der Waals surface area (Å²) in [6, 6.07) is 48.6. The van der Waals surface area contributed by atoms with Gasteiger partial charge in [0.15, 0.2) is 0 Å². The molecule has 6 aromatic rings. The largest absolute Gasteiger partial charge is 0.457 e. The van der Waals surface area contributed by atoms with Crippen LogP contribution in [-0.4, -0.2) is 0 Å². The lowest BCUT2D eigenvalue weighted by molar-refractivity contribution is 0.418. The molecule has 1 nitrogen and oxygen atoms in total. The van der Waals surface area contributed by atoms with Gasteiger partial charge in [-0.15, -0.1) is 0 Å². The highest BCUT2D eigenvalue weighted by Gasteiger charge is 2.36. The second kappa shape index (κ2) is 10.0. The molecule has 0 aromatic heterocycles. The number of fused-ring (bicyclic) bond motifs is 4. The van der Waals surface area contributed by atoms with Gasteiger partial charge in [0.1, 0.15) is 11.5 Å². The first-order chi connectivity index (χ1) is 21.3. The van der Waals surface area contributed by atoms with E-state index in [2.05, 4.69) is 161 Å². The van der Waals surface area contributed by atoms with Gasteiger partial charge >= 0.3 is 0 Å². The lowest BCUT2D eigenvalue weighted by Crippen LogP contribution is -2.24. The van der Waals surface area contributed by atoms with Gasteiger partial charge in [0.05, 0.1) is 0 Å². The van der Waals surface area contributed by atoms with Crippen LogP contribution in [0.1, 0.15) is 49.9 Å². The first kappa shape index (κ1) is 27.0. The molecule has 0 bridgehead atoms. The van der Waals surface area contributed by atoms with Crippen LogP contribution < -0.4 is 4.74 Å². The van der Waals surface area contributed by atoms with E-state index >= 15 is 0 Å². The van der Waals surface area contributed by atoms with Crippen molar-refractivity contribution in [3.63, 3.8) is 0 Å². The SMILES string of the molecule is CC1(C)c2cc(-c3ccccc3)ccc2Oc2ccc(-c3ccc4c(c3)C(C)(C)c3cc(-c5ccccc5)ccc3S4)cc21. The molecule has 0 saturated carbocycles. The fraction of sp³-hybridized carbons (Fsp3) is 0.143. The summed E-state index contributed by atoms with van der Waals surface area (Å²) in [5.74, 6) is 1.88. The van der Waals surface area contributed by atoms with Gasteiger partial charge in [0, 0.05) is 31.7 Å². The normalized spacial score (nSPS) is 15.3. The first-order valence-corrected chi connectivity index (χ1v) is 16.2. The Bertz CT molecular complexity index is 1900. The third kappa shape index (κ3) is 4.31. The van der Waals surface area contributed by atoms with Crippen LogP contribution in [0.3, 0.4) is 0 Å². The minimum absolute atomic E-state index is 0.125. The molecule has 0 amide bonds. The fourth-order valence-electron chi connectivity index (χ4n) is 6.94. The minimum Gasteiger partial charge on any atom is -0.457 e. The maximum atomic E-state index is 6.50. The van der Waals surface area contributed by atoms with Gasteiger partial charge in [0.25, 0.3) is 0 Å². The molecule has 0 spiro atoms. The van der Waals surface area contributed by atoms with Crippen molar-refractivity contribution in [2.45, 2.75) is 48.3 Å². The number of hydrogen-bond donors (Lipinski definition) is 0. The summed E-state index contributed by atoms with van der Waals surface area (Å²) in [4.78, 5) is 2.68. The van der Waals surface area contributed by atoms with Gasteiger partial charge in [-0.3, -0.25) is 0 Å². The van der Waals surface area contributed by atoms with Crippen LogP contribution in [0.5, 0.6) is 11.5 Å². The fourth-order valence-corrected chi connectivity index (χ4v) is 8.29. The third-order valence-corrected chi connectivity index (χ3v) is 10.8. The van der Waals surface area contributed by atoms with Crippen LogP contribution >= 0.6 is 11.8 Å². The zero-order valence-corrected chi connectivity index (χ0v) is 26.3. The summed E-state index contributed by atoms with van der Waals surface area (Å²) in [6.07, 6.45) is 0. The van der Waals surface area contributed by atoms with Crippen LogP contribution in [-0.2, 0) is 10.8 Å². The topological polar surface area (TPSA) is 9.23 Å². The Balaban J connectivity index is 1.17. The van der Waals surface area contributed by atoms with E-state index in [1.807, 2.05) is 11.8 Å². The third-order valence-electron chi connectivity index (χ3n) is 9.60. The van der Waals surface area contributed by atoms with Gasteiger partial charge in [-0.05, 0) is 93.0 Å². The van der Waals surface area contributed by atoms with Crippen molar-refractivity contribution >= 4 is 11.8 Å². The molecule has 2 aliphatic heterocycles. The first-order valence-electron chi connectivity index (χ1n) is 15.3. The lowest BCUT2D eigenvalue weighted by Gasteiger charge is -2.36. The molecular weight excluding hydrogens is 553 g/mol. The zero-order valence-electron chi connectivity index (χ0n) is 25.5. The predicted octanol–water partition coefficient (Wildman–Crippen LogP) is 11.9. The molecule has 0 unspecified atom stereocenters. The van der Waals surface area contributed by atoms with E-state index in [-0.39, 0.29) is 10.8 Å². The highest BCUT2D eigenvalue weighted by atomic mass is 32.2. The van der Waals surface area contributed by atoms with Gasteiger partial charge < -0.3 is 4.74 Å². The zero-order chi connectivity index (χ0) is 30.1. The molecule has 44 heavy (non-hydrogen) atoms. The van der Waals surface area contributed by atoms with Crippen molar-refractivity contribution in [1.82, 2.24) is 0 Å². The smallest absolute Gasteiger partial charge is 0.131 e. The predicted molar refractivity (Wildman–Crippen MR) is 184 cm³/mol. The van der Waals surface area contributed by atoms with Crippen LogP contribution in [0, 0.1) is 0 Å². The van der Waals surface area contributed by atoms with Gasteiger partial charge in [0.2, 0.25) is 0 Å². The Labute approximate surface area is 264 Å². The summed E-state index contributed by atoms with van der Waals surface area (Å²) in [7, 11) is 0. The second-order valence-corrected chi connectivity index (χ2v) is 14.1. The van der Waals surface area contributed by atoms with Crippen molar-refractivity contribution in [2.75, 3.05) is 0 Å². The van der Waals surface area contributed by atoms with Crippen molar-refractivity contribution in [3.05, 3.63) is 156 Å². The summed E-state index contributed by atoms with van der Waals surface area (Å²) in [5, 5.41) is 0. The standard InChI is InChI=1S/C42H34OS/c1-41(2)33-23-29(27-11-7-5-8-12-27)15-19-37(33)43-38-20-16-31(24-34(38)41)32-18-22-40-36(26-32)42(3,4)35-25-30(17-21-39(35)44-40)28-13-9-6-10-14-28/h5-26H,1-4H3. The van der Waals surface area contributed by atoms with Crippen molar-refractivity contribution in [2.24, 2.45) is 0 Å². The highest BCUT2D eigenvalue weighted by Crippen LogP contribution is 2.52. The Morgan fingerprint density at radius 1 is 0.386 bits per heavy atom. The van der Waals surface area contributed by atoms with Crippen molar-refractivity contribution in [3.8, 4) is 44.9 Å². The summed E-state index contributed by atoms with van der Waals surface area (Å²) >= 11 is 1.89. The van der Waals surface area contributed by atoms with E-state index in [1.165, 1.54) is 65.4 Å². The molecular formula is C42H34OS. The van der Waals surface area contributed by atoms with Gasteiger partial charge in [-0.1, -0.05) is 124 Å². The second-order valence-electron chi connectivity index (χ2n) is 13.0. The van der Waals surface area contributed by atoms with E-state index in [9.17, 15) is 0 Å². The minimum atomic E-state index is -0.209. The summed E-state index contributed by atoms with van der Waals surface area (Å²) in [5.41, 5.74) is 12.3. The van der Waals surface area contributed by atoms with E-state index in [0.717, 1.165) is 11.5 Å². The molecule has 6 aromatic carbocycles. The van der Waals surface area contributed by atoms with Crippen molar-refractivity contribution in [1.29, 1.82) is 0 Å². The summed E-state index contributed by atoms with van der Waals surface area (Å²) in [6.45, 7) is 9.38. The maximum absolute atomic E-state index is 6.50. The van der Waals surface area contributed by atoms with E-state index in [0.29, 0.717) is 0 Å². The van der Waals surface area contributed by atoms with Gasteiger partial charge in [-0.25, -0.2) is 0 Å². The van der Waals surface area contributed by atoms with E-state index < -0.39 is 0 Å². The average Bonchev–Trinajstić information content (AvgIpc) is 3.05. The van der Waals surface area contributed by atoms with Gasteiger partial charge in [-0.2, -0.15) is 0 Å². The maximum Gasteiger partial charge on any atom is 0.131 e. The number of benzene rings is 6. The summed E-state index contributed by atoms with van der Waals surface area (Å²) < 4.78 is 6.50. The Morgan fingerprint density at radius 2 is 0.750 bits per heavy atom.